The molecule has 1 aliphatic carbocycles. The Kier molecular flexibility index (Phi) is 4.04. The zero-order chi connectivity index (χ0) is 11.3. The maximum absolute atomic E-state index is 10.8. The smallest absolute Gasteiger partial charge is 0.150 e. The SMILES string of the molecule is C=C(C)/C=C\C(=C)C1=C(C=O)C=CCC1. The average molecular weight is 200 g/mol. The van der Waals surface area contributed by atoms with Crippen molar-refractivity contribution in [3.63, 3.8) is 0 Å². The fourth-order valence-electron chi connectivity index (χ4n) is 1.48. The van der Waals surface area contributed by atoms with E-state index >= 15 is 0 Å². The molecule has 0 saturated heterocycles. The van der Waals surface area contributed by atoms with Gasteiger partial charge >= 0.3 is 0 Å². The molecule has 1 rings (SSSR count). The van der Waals surface area contributed by atoms with Crippen LogP contribution in [-0.2, 0) is 4.79 Å². The van der Waals surface area contributed by atoms with E-state index in [9.17, 15) is 4.79 Å². The van der Waals surface area contributed by atoms with E-state index < -0.39 is 0 Å². The summed E-state index contributed by atoms with van der Waals surface area (Å²) < 4.78 is 0. The molecule has 0 unspecified atom stereocenters. The summed E-state index contributed by atoms with van der Waals surface area (Å²) in [6.07, 6.45) is 10.5. The fraction of sp³-hybridized carbons (Fsp3) is 0.214. The lowest BCUT2D eigenvalue weighted by Gasteiger charge is -2.12. The van der Waals surface area contributed by atoms with Gasteiger partial charge in [-0.25, -0.2) is 0 Å². The van der Waals surface area contributed by atoms with Crippen LogP contribution in [0.1, 0.15) is 19.8 Å². The second-order valence-electron chi connectivity index (χ2n) is 3.70. The van der Waals surface area contributed by atoms with Crippen LogP contribution in [0.4, 0.5) is 0 Å². The summed E-state index contributed by atoms with van der Waals surface area (Å²) in [4.78, 5) is 10.8. The van der Waals surface area contributed by atoms with Crippen LogP contribution in [0.5, 0.6) is 0 Å². The number of rotatable bonds is 4. The standard InChI is InChI=1S/C14H16O/c1-11(2)8-9-12(3)14-7-5-4-6-13(14)10-15/h4,6,8-10H,1,3,5,7H2,2H3/b9-8-. The summed E-state index contributed by atoms with van der Waals surface area (Å²) in [7, 11) is 0. The Morgan fingerprint density at radius 3 is 2.73 bits per heavy atom. The summed E-state index contributed by atoms with van der Waals surface area (Å²) in [5.41, 5.74) is 3.68. The predicted octanol–water partition coefficient (Wildman–Crippen LogP) is 3.52. The molecular formula is C14H16O. The summed E-state index contributed by atoms with van der Waals surface area (Å²) in [6.45, 7) is 9.68. The van der Waals surface area contributed by atoms with Gasteiger partial charge in [-0.15, -0.1) is 0 Å². The Labute approximate surface area is 91.2 Å². The maximum Gasteiger partial charge on any atom is 0.150 e. The summed E-state index contributed by atoms with van der Waals surface area (Å²) in [5.74, 6) is 0. The van der Waals surface area contributed by atoms with E-state index in [4.69, 9.17) is 0 Å². The van der Waals surface area contributed by atoms with Gasteiger partial charge in [-0.05, 0) is 30.9 Å². The minimum atomic E-state index is 0.748. The van der Waals surface area contributed by atoms with Crippen LogP contribution in [0.3, 0.4) is 0 Å². The maximum atomic E-state index is 10.8. The molecule has 0 fully saturated rings. The number of aldehydes is 1. The summed E-state index contributed by atoms with van der Waals surface area (Å²) >= 11 is 0. The zero-order valence-corrected chi connectivity index (χ0v) is 9.12. The summed E-state index contributed by atoms with van der Waals surface area (Å²) in [5, 5.41) is 0. The molecule has 0 N–H and O–H groups in total. The van der Waals surface area contributed by atoms with Gasteiger partial charge < -0.3 is 0 Å². The Morgan fingerprint density at radius 2 is 2.13 bits per heavy atom. The highest BCUT2D eigenvalue weighted by Crippen LogP contribution is 2.24. The topological polar surface area (TPSA) is 17.1 Å². The van der Waals surface area contributed by atoms with E-state index in [1.807, 2.05) is 31.2 Å². The van der Waals surface area contributed by atoms with Crippen molar-refractivity contribution in [3.8, 4) is 0 Å². The number of carbonyl (C=O) groups is 1. The van der Waals surface area contributed by atoms with Gasteiger partial charge in [0.2, 0.25) is 0 Å². The van der Waals surface area contributed by atoms with Gasteiger partial charge in [0.05, 0.1) is 0 Å². The minimum Gasteiger partial charge on any atom is -0.298 e. The third kappa shape index (κ3) is 3.21. The van der Waals surface area contributed by atoms with Gasteiger partial charge in [-0.2, -0.15) is 0 Å². The normalized spacial score (nSPS) is 15.8. The highest BCUT2D eigenvalue weighted by atomic mass is 16.1. The van der Waals surface area contributed by atoms with Gasteiger partial charge in [-0.3, -0.25) is 4.79 Å². The van der Waals surface area contributed by atoms with Gasteiger partial charge in [0.15, 0.2) is 0 Å². The molecule has 0 amide bonds. The molecule has 0 aromatic rings. The first-order valence-corrected chi connectivity index (χ1v) is 5.03. The molecule has 0 bridgehead atoms. The number of hydrogen-bond acceptors (Lipinski definition) is 1. The molecule has 0 aliphatic heterocycles. The van der Waals surface area contributed by atoms with E-state index in [0.29, 0.717) is 0 Å². The molecule has 0 atom stereocenters. The minimum absolute atomic E-state index is 0.748. The third-order valence-electron chi connectivity index (χ3n) is 2.29. The molecule has 0 saturated carbocycles. The molecular weight excluding hydrogens is 184 g/mol. The number of allylic oxidation sites excluding steroid dienone is 8. The molecule has 0 spiro atoms. The lowest BCUT2D eigenvalue weighted by molar-refractivity contribution is -0.104. The first-order valence-electron chi connectivity index (χ1n) is 5.03. The first kappa shape index (κ1) is 11.4. The second-order valence-corrected chi connectivity index (χ2v) is 3.70. The predicted molar refractivity (Wildman–Crippen MR) is 64.6 cm³/mol. The second kappa shape index (κ2) is 5.30. The molecule has 0 aromatic carbocycles. The number of carbonyl (C=O) groups excluding carboxylic acids is 1. The Morgan fingerprint density at radius 1 is 1.40 bits per heavy atom. The molecule has 0 radical (unpaired) electrons. The highest BCUT2D eigenvalue weighted by molar-refractivity contribution is 5.81. The lowest BCUT2D eigenvalue weighted by atomic mass is 9.92. The van der Waals surface area contributed by atoms with Crippen molar-refractivity contribution >= 4 is 6.29 Å². The van der Waals surface area contributed by atoms with Crippen LogP contribution in [0.15, 0.2) is 59.8 Å². The molecule has 15 heavy (non-hydrogen) atoms. The van der Waals surface area contributed by atoms with Crippen molar-refractivity contribution in [1.29, 1.82) is 0 Å². The third-order valence-corrected chi connectivity index (χ3v) is 2.29. The van der Waals surface area contributed by atoms with Crippen LogP contribution in [0.2, 0.25) is 0 Å². The van der Waals surface area contributed by atoms with Crippen LogP contribution in [0, 0.1) is 0 Å². The lowest BCUT2D eigenvalue weighted by Crippen LogP contribution is -1.97. The van der Waals surface area contributed by atoms with Crippen molar-refractivity contribution in [2.45, 2.75) is 19.8 Å². The monoisotopic (exact) mass is 200 g/mol. The molecule has 1 aliphatic rings. The quantitative estimate of drug-likeness (QED) is 0.501. The van der Waals surface area contributed by atoms with Crippen LogP contribution >= 0.6 is 0 Å². The Hall–Kier alpha value is -1.63. The van der Waals surface area contributed by atoms with E-state index in [1.165, 1.54) is 0 Å². The largest absolute Gasteiger partial charge is 0.298 e. The van der Waals surface area contributed by atoms with Crippen molar-refractivity contribution in [2.24, 2.45) is 0 Å². The number of hydrogen-bond donors (Lipinski definition) is 0. The van der Waals surface area contributed by atoms with Gasteiger partial charge in [-0.1, -0.05) is 43.0 Å². The van der Waals surface area contributed by atoms with Crippen molar-refractivity contribution in [3.05, 3.63) is 59.8 Å². The molecule has 1 nitrogen and oxygen atoms in total. The van der Waals surface area contributed by atoms with Gasteiger partial charge in [0.25, 0.3) is 0 Å². The fourth-order valence-corrected chi connectivity index (χ4v) is 1.48. The van der Waals surface area contributed by atoms with Crippen molar-refractivity contribution in [2.75, 3.05) is 0 Å². The molecule has 0 aromatic heterocycles. The molecule has 1 heteroatoms. The van der Waals surface area contributed by atoms with E-state index in [0.717, 1.165) is 41.4 Å². The van der Waals surface area contributed by atoms with E-state index in [1.54, 1.807) is 0 Å². The van der Waals surface area contributed by atoms with Gasteiger partial charge in [0.1, 0.15) is 6.29 Å². The first-order chi connectivity index (χ1) is 7.15. The highest BCUT2D eigenvalue weighted by Gasteiger charge is 2.08. The van der Waals surface area contributed by atoms with Gasteiger partial charge in [0, 0.05) is 5.57 Å². The van der Waals surface area contributed by atoms with Crippen LogP contribution in [-0.4, -0.2) is 6.29 Å². The van der Waals surface area contributed by atoms with E-state index in [-0.39, 0.29) is 0 Å². The van der Waals surface area contributed by atoms with Crippen LogP contribution in [0.25, 0.3) is 0 Å². The zero-order valence-electron chi connectivity index (χ0n) is 9.12. The Balaban J connectivity index is 2.90. The average Bonchev–Trinajstić information content (AvgIpc) is 2.25. The van der Waals surface area contributed by atoms with Crippen molar-refractivity contribution in [1.82, 2.24) is 0 Å². The van der Waals surface area contributed by atoms with Crippen molar-refractivity contribution < 1.29 is 4.79 Å². The Bertz CT molecular complexity index is 378. The molecule has 78 valence electrons. The summed E-state index contributed by atoms with van der Waals surface area (Å²) in [6, 6.07) is 0. The van der Waals surface area contributed by atoms with E-state index in [2.05, 4.69) is 13.2 Å². The molecule has 0 heterocycles. The van der Waals surface area contributed by atoms with Crippen LogP contribution < -0.4 is 0 Å².